The zero-order chi connectivity index (χ0) is 18.0. The van der Waals surface area contributed by atoms with Crippen molar-refractivity contribution in [2.75, 3.05) is 31.1 Å². The molecule has 2 fully saturated rings. The first kappa shape index (κ1) is 18.3. The number of nitrogens with zero attached hydrogens (tertiary/aromatic N) is 2. The molecule has 25 heavy (non-hydrogen) atoms. The zero-order valence-corrected chi connectivity index (χ0v) is 15.3. The second kappa shape index (κ2) is 7.38. The van der Waals surface area contributed by atoms with Crippen LogP contribution in [0, 0.1) is 0 Å². The van der Waals surface area contributed by atoms with Gasteiger partial charge in [0.25, 0.3) is 5.91 Å². The lowest BCUT2D eigenvalue weighted by Crippen LogP contribution is -2.48. The number of carboxylic acids is 1. The molecular weight excluding hydrogens is 366 g/mol. The predicted octanol–water partition coefficient (Wildman–Crippen LogP) is 0.832. The quantitative estimate of drug-likeness (QED) is 0.792. The van der Waals surface area contributed by atoms with Gasteiger partial charge >= 0.3 is 5.97 Å². The van der Waals surface area contributed by atoms with Crippen LogP contribution < -0.4 is 0 Å². The van der Waals surface area contributed by atoms with Crippen molar-refractivity contribution in [3.05, 3.63) is 18.0 Å². The largest absolute Gasteiger partial charge is 0.480 e. The molecule has 2 aliphatic rings. The number of carboxylic acid groups (broad SMARTS) is 1. The number of likely N-dealkylation sites (tertiary alicyclic amines) is 1. The molecule has 3 rings (SSSR count). The highest BCUT2D eigenvalue weighted by atomic mass is 32.2. The van der Waals surface area contributed by atoms with Gasteiger partial charge in [-0.05, 0) is 25.3 Å². The number of piperidine rings is 1. The van der Waals surface area contributed by atoms with Crippen molar-refractivity contribution in [3.8, 4) is 0 Å². The van der Waals surface area contributed by atoms with E-state index in [1.807, 2.05) is 0 Å². The summed E-state index contributed by atoms with van der Waals surface area (Å²) in [4.78, 5) is 28.1. The third-order valence-electron chi connectivity index (χ3n) is 4.54. The molecule has 2 N–H and O–H groups in total. The van der Waals surface area contributed by atoms with Gasteiger partial charge < -0.3 is 15.0 Å². The molecule has 0 bridgehead atoms. The molecule has 0 spiro atoms. The van der Waals surface area contributed by atoms with Crippen LogP contribution in [0.2, 0.25) is 0 Å². The normalized spacial score (nSPS) is 22.7. The Balaban J connectivity index is 1.80. The lowest BCUT2D eigenvalue weighted by atomic mass is 10.0. The van der Waals surface area contributed by atoms with E-state index in [1.165, 1.54) is 21.5 Å². The molecule has 0 aliphatic carbocycles. The summed E-state index contributed by atoms with van der Waals surface area (Å²) in [6.07, 6.45) is 3.23. The summed E-state index contributed by atoms with van der Waals surface area (Å²) in [5.41, 5.74) is 0.109. The first-order valence-corrected chi connectivity index (χ1v) is 10.8. The van der Waals surface area contributed by atoms with Gasteiger partial charge in [0.05, 0.1) is 0 Å². The molecule has 3 heterocycles. The zero-order valence-electron chi connectivity index (χ0n) is 13.7. The molecule has 0 aromatic carbocycles. The Morgan fingerprint density at radius 2 is 1.92 bits per heavy atom. The number of amides is 1. The summed E-state index contributed by atoms with van der Waals surface area (Å²) in [6.45, 7) is 1.27. The van der Waals surface area contributed by atoms with Gasteiger partial charge in [-0.25, -0.2) is 13.2 Å². The topological polar surface area (TPSA) is 111 Å². The van der Waals surface area contributed by atoms with Crippen LogP contribution >= 0.6 is 11.8 Å². The highest BCUT2D eigenvalue weighted by Gasteiger charge is 2.34. The molecule has 2 aliphatic heterocycles. The van der Waals surface area contributed by atoms with Crippen LogP contribution in [0.4, 0.5) is 0 Å². The maximum Gasteiger partial charge on any atom is 0.326 e. The minimum atomic E-state index is -3.63. The lowest BCUT2D eigenvalue weighted by molar-refractivity contribution is -0.143. The Kier molecular flexibility index (Phi) is 5.40. The number of sulfonamides is 1. The molecule has 0 unspecified atom stereocenters. The second-order valence-electron chi connectivity index (χ2n) is 6.11. The lowest BCUT2D eigenvalue weighted by Gasteiger charge is -2.32. The maximum absolute atomic E-state index is 12.7. The molecular formula is C15H21N3O5S2. The van der Waals surface area contributed by atoms with Crippen molar-refractivity contribution in [2.24, 2.45) is 0 Å². The van der Waals surface area contributed by atoms with Gasteiger partial charge in [0.1, 0.15) is 16.6 Å². The fourth-order valence-corrected chi connectivity index (χ4v) is 5.74. The van der Waals surface area contributed by atoms with E-state index in [2.05, 4.69) is 4.98 Å². The molecule has 1 aromatic rings. The van der Waals surface area contributed by atoms with E-state index in [0.29, 0.717) is 26.1 Å². The van der Waals surface area contributed by atoms with Crippen LogP contribution in [0.1, 0.15) is 29.8 Å². The third kappa shape index (κ3) is 3.70. The Hall–Kier alpha value is -1.52. The standard InChI is InChI=1S/C15H21N3O5S2/c19-14(18-4-2-1-3-13(18)15(20)21)12-9-11(10-16-12)25(22,23)17-5-7-24-8-6-17/h9-10,13,16H,1-8H2,(H,20,21)/t13-/m1/s1. The number of thioether (sulfide) groups is 1. The summed E-state index contributed by atoms with van der Waals surface area (Å²) in [5, 5.41) is 9.30. The van der Waals surface area contributed by atoms with Gasteiger partial charge in [0, 0.05) is 37.3 Å². The van der Waals surface area contributed by atoms with Gasteiger partial charge in [-0.2, -0.15) is 16.1 Å². The van der Waals surface area contributed by atoms with Crippen molar-refractivity contribution in [3.63, 3.8) is 0 Å². The summed E-state index contributed by atoms with van der Waals surface area (Å²) in [7, 11) is -3.63. The molecule has 2 saturated heterocycles. The molecule has 10 heteroatoms. The maximum atomic E-state index is 12.7. The average molecular weight is 387 g/mol. The van der Waals surface area contributed by atoms with E-state index < -0.39 is 27.9 Å². The second-order valence-corrected chi connectivity index (χ2v) is 9.28. The van der Waals surface area contributed by atoms with Crippen molar-refractivity contribution < 1.29 is 23.1 Å². The van der Waals surface area contributed by atoms with Gasteiger partial charge in [0.2, 0.25) is 10.0 Å². The number of aromatic amines is 1. The molecule has 0 saturated carbocycles. The van der Waals surface area contributed by atoms with E-state index in [9.17, 15) is 23.1 Å². The molecule has 1 amide bonds. The average Bonchev–Trinajstić information content (AvgIpc) is 3.13. The van der Waals surface area contributed by atoms with E-state index in [-0.39, 0.29) is 10.6 Å². The molecule has 1 atom stereocenters. The number of hydrogen-bond acceptors (Lipinski definition) is 5. The van der Waals surface area contributed by atoms with Gasteiger partial charge in [-0.15, -0.1) is 0 Å². The number of nitrogens with one attached hydrogen (secondary N) is 1. The fraction of sp³-hybridized carbons (Fsp3) is 0.600. The van der Waals surface area contributed by atoms with Gasteiger partial charge in [0.15, 0.2) is 0 Å². The van der Waals surface area contributed by atoms with Crippen molar-refractivity contribution in [1.82, 2.24) is 14.2 Å². The van der Waals surface area contributed by atoms with Gasteiger partial charge in [-0.1, -0.05) is 0 Å². The number of H-pyrrole nitrogens is 1. The SMILES string of the molecule is O=C(O)[C@H]1CCCCN1C(=O)c1cc(S(=O)(=O)N2CCSCC2)c[nH]1. The molecule has 0 radical (unpaired) electrons. The van der Waals surface area contributed by atoms with Crippen LogP contribution in [0.15, 0.2) is 17.2 Å². The summed E-state index contributed by atoms with van der Waals surface area (Å²) in [5.74, 6) is 0.00791. The minimum absolute atomic E-state index is 0.0478. The number of carbonyl (C=O) groups excluding carboxylic acids is 1. The van der Waals surface area contributed by atoms with E-state index in [1.54, 1.807) is 11.8 Å². The smallest absolute Gasteiger partial charge is 0.326 e. The van der Waals surface area contributed by atoms with Crippen molar-refractivity contribution >= 4 is 33.7 Å². The molecule has 138 valence electrons. The highest BCUT2D eigenvalue weighted by Crippen LogP contribution is 2.23. The molecule has 8 nitrogen and oxygen atoms in total. The first-order chi connectivity index (χ1) is 11.9. The number of aromatic nitrogens is 1. The van der Waals surface area contributed by atoms with E-state index in [4.69, 9.17) is 0 Å². The number of rotatable bonds is 4. The fourth-order valence-electron chi connectivity index (χ4n) is 3.17. The number of carbonyl (C=O) groups is 2. The Labute approximate surface area is 150 Å². The predicted molar refractivity (Wildman–Crippen MR) is 93.2 cm³/mol. The summed E-state index contributed by atoms with van der Waals surface area (Å²) in [6, 6.07) is 0.455. The molecule has 1 aromatic heterocycles. The van der Waals surface area contributed by atoms with Crippen LogP contribution in [-0.2, 0) is 14.8 Å². The Bertz CT molecular complexity index is 755. The van der Waals surface area contributed by atoms with Crippen molar-refractivity contribution in [1.29, 1.82) is 0 Å². The third-order valence-corrected chi connectivity index (χ3v) is 7.36. The summed E-state index contributed by atoms with van der Waals surface area (Å²) >= 11 is 1.71. The monoisotopic (exact) mass is 387 g/mol. The highest BCUT2D eigenvalue weighted by molar-refractivity contribution is 7.99. The van der Waals surface area contributed by atoms with E-state index >= 15 is 0 Å². The van der Waals surface area contributed by atoms with Crippen LogP contribution in [0.5, 0.6) is 0 Å². The van der Waals surface area contributed by atoms with E-state index in [0.717, 1.165) is 24.3 Å². The Morgan fingerprint density at radius 3 is 2.60 bits per heavy atom. The minimum Gasteiger partial charge on any atom is -0.480 e. The number of hydrogen-bond donors (Lipinski definition) is 2. The van der Waals surface area contributed by atoms with Crippen molar-refractivity contribution in [2.45, 2.75) is 30.2 Å². The van der Waals surface area contributed by atoms with Crippen LogP contribution in [0.25, 0.3) is 0 Å². The Morgan fingerprint density at radius 1 is 1.20 bits per heavy atom. The first-order valence-electron chi connectivity index (χ1n) is 8.21. The summed E-state index contributed by atoms with van der Waals surface area (Å²) < 4.78 is 26.7. The van der Waals surface area contributed by atoms with Crippen LogP contribution in [0.3, 0.4) is 0 Å². The van der Waals surface area contributed by atoms with Gasteiger partial charge in [-0.3, -0.25) is 4.79 Å². The van der Waals surface area contributed by atoms with Crippen LogP contribution in [-0.4, -0.2) is 76.8 Å². The number of aliphatic carboxylic acids is 1.